The highest BCUT2D eigenvalue weighted by atomic mass is 35.5. The number of rotatable bonds is 10. The van der Waals surface area contributed by atoms with Gasteiger partial charge in [0.2, 0.25) is 10.0 Å². The van der Waals surface area contributed by atoms with Crippen LogP contribution in [0.1, 0.15) is 22.6 Å². The molecular formula is C29H26Cl2N4O6S. The van der Waals surface area contributed by atoms with Gasteiger partial charge in [-0.05, 0) is 73.2 Å². The van der Waals surface area contributed by atoms with Crippen LogP contribution in [0.4, 0.5) is 5.69 Å². The van der Waals surface area contributed by atoms with E-state index in [1.807, 2.05) is 6.92 Å². The van der Waals surface area contributed by atoms with Gasteiger partial charge in [0.1, 0.15) is 17.3 Å². The fourth-order valence-electron chi connectivity index (χ4n) is 3.72. The number of benzene rings is 3. The lowest BCUT2D eigenvalue weighted by atomic mass is 10.2. The number of sulfonamides is 1. The average Bonchev–Trinajstić information content (AvgIpc) is 3.42. The number of nitrogens with one attached hydrogen (secondary N) is 2. The number of carbonyl (C=O) groups excluding carboxylic acids is 2. The number of halogens is 2. The first kappa shape index (κ1) is 30.8. The quantitative estimate of drug-likeness (QED) is 0.138. The van der Waals surface area contributed by atoms with Gasteiger partial charge >= 0.3 is 11.8 Å². The van der Waals surface area contributed by atoms with Gasteiger partial charge in [-0.25, -0.2) is 13.8 Å². The molecule has 4 rings (SSSR count). The molecule has 0 radical (unpaired) electrons. The number of carbonyl (C=O) groups is 2. The molecule has 0 atom stereocenters. The molecule has 0 saturated carbocycles. The van der Waals surface area contributed by atoms with Crippen LogP contribution >= 0.6 is 23.2 Å². The largest absolute Gasteiger partial charge is 0.497 e. The van der Waals surface area contributed by atoms with Crippen LogP contribution in [0.5, 0.6) is 5.75 Å². The molecule has 42 heavy (non-hydrogen) atoms. The van der Waals surface area contributed by atoms with Crippen LogP contribution in [0.2, 0.25) is 10.0 Å². The zero-order chi connectivity index (χ0) is 30.3. The maximum Gasteiger partial charge on any atom is 0.329 e. The highest BCUT2D eigenvalue weighted by Crippen LogP contribution is 2.26. The fraction of sp³-hybridized carbons (Fsp3) is 0.138. The highest BCUT2D eigenvalue weighted by Gasteiger charge is 2.26. The van der Waals surface area contributed by atoms with Crippen molar-refractivity contribution in [3.05, 3.63) is 112 Å². The van der Waals surface area contributed by atoms with E-state index in [4.69, 9.17) is 32.4 Å². The van der Waals surface area contributed by atoms with Gasteiger partial charge < -0.3 is 14.5 Å². The summed E-state index contributed by atoms with van der Waals surface area (Å²) in [5.74, 6) is -0.772. The Bertz CT molecular complexity index is 1700. The molecule has 10 nitrogen and oxygen atoms in total. The lowest BCUT2D eigenvalue weighted by molar-refractivity contribution is -0.136. The molecule has 4 aromatic rings. The molecule has 2 N–H and O–H groups in total. The molecule has 218 valence electrons. The van der Waals surface area contributed by atoms with Crippen LogP contribution in [0.3, 0.4) is 0 Å². The number of ether oxygens (including phenoxy) is 1. The number of aryl methyl sites for hydroxylation is 1. The Morgan fingerprint density at radius 1 is 0.929 bits per heavy atom. The van der Waals surface area contributed by atoms with Crippen molar-refractivity contribution in [2.75, 3.05) is 12.4 Å². The van der Waals surface area contributed by atoms with Crippen LogP contribution in [-0.2, 0) is 32.7 Å². The van der Waals surface area contributed by atoms with Crippen molar-refractivity contribution in [2.45, 2.75) is 24.9 Å². The van der Waals surface area contributed by atoms with E-state index in [9.17, 15) is 18.0 Å². The zero-order valence-corrected chi connectivity index (χ0v) is 24.8. The molecule has 0 bridgehead atoms. The molecular weight excluding hydrogens is 603 g/mol. The summed E-state index contributed by atoms with van der Waals surface area (Å²) in [6, 6.07) is 21.0. The minimum absolute atomic E-state index is 0.00339. The van der Waals surface area contributed by atoms with E-state index in [-0.39, 0.29) is 23.7 Å². The summed E-state index contributed by atoms with van der Waals surface area (Å²) in [6.07, 6.45) is 1.19. The van der Waals surface area contributed by atoms with Gasteiger partial charge in [-0.15, -0.1) is 0 Å². The van der Waals surface area contributed by atoms with Crippen molar-refractivity contribution in [2.24, 2.45) is 5.10 Å². The third-order valence-electron chi connectivity index (χ3n) is 5.93. The standard InChI is InChI=1S/C29H26Cl2N4O6S/c1-19-3-12-25(13-4-19)42(38,39)35(17-20-5-14-26(30)27(31)15-20)18-24-11-10-23(41-24)16-32-34-29(37)28(36)33-21-6-8-22(40-2)9-7-21/h3-16H,17-18H2,1-2H3,(H,33,36)(H,34,37)/b32-16+. The Hall–Kier alpha value is -4.16. The summed E-state index contributed by atoms with van der Waals surface area (Å²) < 4.78 is 39.2. The molecule has 0 saturated heterocycles. The van der Waals surface area contributed by atoms with Crippen LogP contribution in [0, 0.1) is 6.92 Å². The highest BCUT2D eigenvalue weighted by molar-refractivity contribution is 7.89. The van der Waals surface area contributed by atoms with Gasteiger partial charge in [0.25, 0.3) is 0 Å². The summed E-state index contributed by atoms with van der Waals surface area (Å²) in [7, 11) is -2.42. The van der Waals surface area contributed by atoms with E-state index in [0.29, 0.717) is 32.8 Å². The van der Waals surface area contributed by atoms with Crippen molar-refractivity contribution in [3.63, 3.8) is 0 Å². The van der Waals surface area contributed by atoms with E-state index in [1.54, 1.807) is 78.9 Å². The van der Waals surface area contributed by atoms with Gasteiger partial charge in [0.05, 0.1) is 34.8 Å². The summed E-state index contributed by atoms with van der Waals surface area (Å²) in [4.78, 5) is 24.4. The van der Waals surface area contributed by atoms with Gasteiger partial charge in [0, 0.05) is 12.2 Å². The summed E-state index contributed by atoms with van der Waals surface area (Å²) in [5, 5.41) is 6.86. The molecule has 1 heterocycles. The van der Waals surface area contributed by atoms with E-state index in [1.165, 1.54) is 17.6 Å². The second-order valence-corrected chi connectivity index (χ2v) is 11.8. The number of nitrogens with zero attached hydrogens (tertiary/aromatic N) is 2. The molecule has 3 aromatic carbocycles. The Morgan fingerprint density at radius 3 is 2.31 bits per heavy atom. The number of hydrogen-bond acceptors (Lipinski definition) is 7. The van der Waals surface area contributed by atoms with Crippen molar-refractivity contribution < 1.29 is 27.2 Å². The minimum atomic E-state index is -3.94. The third kappa shape index (κ3) is 7.98. The molecule has 0 aliphatic heterocycles. The maximum absolute atomic E-state index is 13.6. The Kier molecular flexibility index (Phi) is 10.0. The van der Waals surface area contributed by atoms with Crippen molar-refractivity contribution in [3.8, 4) is 5.75 Å². The number of amides is 2. The molecule has 2 amide bonds. The third-order valence-corrected chi connectivity index (χ3v) is 8.47. The average molecular weight is 630 g/mol. The van der Waals surface area contributed by atoms with Crippen molar-refractivity contribution in [1.29, 1.82) is 0 Å². The number of furan rings is 1. The second kappa shape index (κ2) is 13.7. The molecule has 0 aliphatic rings. The second-order valence-electron chi connectivity index (χ2n) is 9.02. The molecule has 1 aromatic heterocycles. The van der Waals surface area contributed by atoms with E-state index >= 15 is 0 Å². The molecule has 0 unspecified atom stereocenters. The minimum Gasteiger partial charge on any atom is -0.497 e. The normalized spacial score (nSPS) is 11.5. The lowest BCUT2D eigenvalue weighted by Crippen LogP contribution is -2.32. The topological polar surface area (TPSA) is 130 Å². The number of anilines is 1. The summed E-state index contributed by atoms with van der Waals surface area (Å²) >= 11 is 12.2. The lowest BCUT2D eigenvalue weighted by Gasteiger charge is -2.22. The zero-order valence-electron chi connectivity index (χ0n) is 22.5. The van der Waals surface area contributed by atoms with Gasteiger partial charge in [0.15, 0.2) is 0 Å². The predicted molar refractivity (Wildman–Crippen MR) is 160 cm³/mol. The summed E-state index contributed by atoms with van der Waals surface area (Å²) in [6.45, 7) is 1.75. The Balaban J connectivity index is 1.44. The molecule has 0 fully saturated rings. The fourth-order valence-corrected chi connectivity index (χ4v) is 5.43. The SMILES string of the molecule is COc1ccc(NC(=O)C(=O)N/N=C/c2ccc(CN(Cc3ccc(Cl)c(Cl)c3)S(=O)(=O)c3ccc(C)cc3)o2)cc1. The van der Waals surface area contributed by atoms with Crippen LogP contribution in [0.15, 0.2) is 93.3 Å². The van der Waals surface area contributed by atoms with Gasteiger partial charge in [-0.2, -0.15) is 9.41 Å². The van der Waals surface area contributed by atoms with E-state index < -0.39 is 21.8 Å². The van der Waals surface area contributed by atoms with Crippen molar-refractivity contribution >= 4 is 56.9 Å². The maximum atomic E-state index is 13.6. The predicted octanol–water partition coefficient (Wildman–Crippen LogP) is 5.38. The Morgan fingerprint density at radius 2 is 1.64 bits per heavy atom. The molecule has 13 heteroatoms. The monoisotopic (exact) mass is 628 g/mol. The number of hydrazone groups is 1. The van der Waals surface area contributed by atoms with Crippen molar-refractivity contribution in [1.82, 2.24) is 9.73 Å². The van der Waals surface area contributed by atoms with Crippen LogP contribution in [0.25, 0.3) is 0 Å². The van der Waals surface area contributed by atoms with Crippen LogP contribution in [-0.4, -0.2) is 37.9 Å². The number of hydrogen-bond donors (Lipinski definition) is 2. The first-order valence-electron chi connectivity index (χ1n) is 12.4. The smallest absolute Gasteiger partial charge is 0.329 e. The van der Waals surface area contributed by atoms with Gasteiger partial charge in [-0.1, -0.05) is 47.0 Å². The molecule has 0 spiro atoms. The first-order chi connectivity index (χ1) is 20.0. The van der Waals surface area contributed by atoms with Gasteiger partial charge in [-0.3, -0.25) is 9.59 Å². The summed E-state index contributed by atoms with van der Waals surface area (Å²) in [5.41, 5.74) is 4.08. The Labute approximate surface area is 252 Å². The number of methoxy groups -OCH3 is 1. The van der Waals surface area contributed by atoms with E-state index in [2.05, 4.69) is 15.8 Å². The molecule has 0 aliphatic carbocycles. The van der Waals surface area contributed by atoms with E-state index in [0.717, 1.165) is 5.56 Å². The first-order valence-corrected chi connectivity index (χ1v) is 14.6. The van der Waals surface area contributed by atoms with Crippen LogP contribution < -0.4 is 15.5 Å².